The van der Waals surface area contributed by atoms with Gasteiger partial charge in [-0.3, -0.25) is 9.78 Å². The standard InChI is InChI=1S/C19H20F3N3O3S/c1-13(17-7-2-3-10-23-17)25(15-8-9-15)18(26)12-24-29(27,28)16-6-4-5-14(11-16)19(20,21)22/h2-7,10-11,13,15,24H,8-9,12H2,1H3. The van der Waals surface area contributed by atoms with Gasteiger partial charge in [-0.25, -0.2) is 13.1 Å². The van der Waals surface area contributed by atoms with Crippen molar-refractivity contribution in [1.82, 2.24) is 14.6 Å². The Hall–Kier alpha value is -2.46. The number of carbonyl (C=O) groups excluding carboxylic acids is 1. The Morgan fingerprint density at radius 1 is 1.24 bits per heavy atom. The van der Waals surface area contributed by atoms with Crippen LogP contribution in [0.3, 0.4) is 0 Å². The van der Waals surface area contributed by atoms with E-state index in [9.17, 15) is 26.4 Å². The van der Waals surface area contributed by atoms with Crippen LogP contribution in [-0.2, 0) is 21.0 Å². The number of nitrogens with zero attached hydrogens (tertiary/aromatic N) is 2. The number of aromatic nitrogens is 1. The van der Waals surface area contributed by atoms with Crippen molar-refractivity contribution in [3.8, 4) is 0 Å². The van der Waals surface area contributed by atoms with E-state index in [1.54, 1.807) is 36.2 Å². The number of hydrogen-bond donors (Lipinski definition) is 1. The second kappa shape index (κ2) is 8.11. The molecule has 1 atom stereocenters. The van der Waals surface area contributed by atoms with Crippen molar-refractivity contribution < 1.29 is 26.4 Å². The van der Waals surface area contributed by atoms with Crippen LogP contribution in [0.15, 0.2) is 53.6 Å². The highest BCUT2D eigenvalue weighted by molar-refractivity contribution is 7.89. The van der Waals surface area contributed by atoms with Crippen LogP contribution in [-0.4, -0.2) is 36.8 Å². The molecule has 0 bridgehead atoms. The lowest BCUT2D eigenvalue weighted by Gasteiger charge is -2.29. The van der Waals surface area contributed by atoms with E-state index in [4.69, 9.17) is 0 Å². The van der Waals surface area contributed by atoms with Crippen LogP contribution in [0.5, 0.6) is 0 Å². The summed E-state index contributed by atoms with van der Waals surface area (Å²) >= 11 is 0. The molecule has 6 nitrogen and oxygen atoms in total. The molecule has 0 saturated heterocycles. The van der Waals surface area contributed by atoms with Crippen LogP contribution < -0.4 is 4.72 Å². The summed E-state index contributed by atoms with van der Waals surface area (Å²) in [6.07, 6.45) is -1.44. The summed E-state index contributed by atoms with van der Waals surface area (Å²) in [4.78, 5) is 18.0. The average Bonchev–Trinajstić information content (AvgIpc) is 3.52. The minimum atomic E-state index is -4.66. The Labute approximate surface area is 166 Å². The number of nitrogens with one attached hydrogen (secondary N) is 1. The van der Waals surface area contributed by atoms with Gasteiger partial charge >= 0.3 is 6.18 Å². The predicted octanol–water partition coefficient (Wildman–Crippen LogP) is 3.13. The van der Waals surface area contributed by atoms with Crippen LogP contribution >= 0.6 is 0 Å². The molecule has 0 aliphatic heterocycles. The van der Waals surface area contributed by atoms with Crippen LogP contribution in [0.25, 0.3) is 0 Å². The molecule has 1 aliphatic rings. The number of pyridine rings is 1. The van der Waals surface area contributed by atoms with Gasteiger partial charge in [-0.2, -0.15) is 13.2 Å². The van der Waals surface area contributed by atoms with Gasteiger partial charge in [-0.05, 0) is 50.1 Å². The summed E-state index contributed by atoms with van der Waals surface area (Å²) in [5.41, 5.74) is -0.399. The van der Waals surface area contributed by atoms with E-state index in [-0.39, 0.29) is 12.1 Å². The fourth-order valence-electron chi connectivity index (χ4n) is 3.03. The van der Waals surface area contributed by atoms with Gasteiger partial charge < -0.3 is 4.90 Å². The molecule has 1 amide bonds. The first-order chi connectivity index (χ1) is 13.6. The van der Waals surface area contributed by atoms with Crippen LogP contribution in [0.2, 0.25) is 0 Å². The average molecular weight is 427 g/mol. The SMILES string of the molecule is CC(c1ccccn1)N(C(=O)CNS(=O)(=O)c1cccc(C(F)(F)F)c1)C1CC1. The molecule has 1 aromatic carbocycles. The van der Waals surface area contributed by atoms with E-state index in [2.05, 4.69) is 9.71 Å². The third-order valence-electron chi connectivity index (χ3n) is 4.65. The summed E-state index contributed by atoms with van der Waals surface area (Å²) in [7, 11) is -4.28. The first-order valence-corrected chi connectivity index (χ1v) is 10.5. The molecule has 3 rings (SSSR count). The molecule has 156 valence electrons. The molecule has 1 fully saturated rings. The van der Waals surface area contributed by atoms with E-state index in [1.165, 1.54) is 0 Å². The summed E-state index contributed by atoms with van der Waals surface area (Å²) in [6.45, 7) is 1.26. The van der Waals surface area contributed by atoms with E-state index < -0.39 is 39.1 Å². The molecule has 1 unspecified atom stereocenters. The number of rotatable bonds is 7. The Morgan fingerprint density at radius 3 is 2.55 bits per heavy atom. The molecule has 29 heavy (non-hydrogen) atoms. The zero-order valence-electron chi connectivity index (χ0n) is 15.6. The maximum Gasteiger partial charge on any atom is 0.416 e. The topological polar surface area (TPSA) is 79.4 Å². The Balaban J connectivity index is 1.73. The number of carbonyl (C=O) groups is 1. The fraction of sp³-hybridized carbons (Fsp3) is 0.368. The monoisotopic (exact) mass is 427 g/mol. The van der Waals surface area contributed by atoms with Crippen molar-refractivity contribution in [2.75, 3.05) is 6.54 Å². The normalized spacial score (nSPS) is 15.7. The van der Waals surface area contributed by atoms with E-state index in [0.29, 0.717) is 11.8 Å². The Kier molecular flexibility index (Phi) is 5.95. The zero-order valence-corrected chi connectivity index (χ0v) is 16.4. The number of amides is 1. The molecule has 1 aliphatic carbocycles. The Bertz CT molecular complexity index is 977. The quantitative estimate of drug-likeness (QED) is 0.736. The first-order valence-electron chi connectivity index (χ1n) is 8.98. The molecule has 1 N–H and O–H groups in total. The largest absolute Gasteiger partial charge is 0.416 e. The maximum atomic E-state index is 12.8. The highest BCUT2D eigenvalue weighted by Gasteiger charge is 2.37. The van der Waals surface area contributed by atoms with Gasteiger partial charge in [-0.15, -0.1) is 0 Å². The molecular weight excluding hydrogens is 407 g/mol. The maximum absolute atomic E-state index is 12.8. The van der Waals surface area contributed by atoms with Crippen molar-refractivity contribution in [3.63, 3.8) is 0 Å². The molecule has 1 heterocycles. The number of benzene rings is 1. The van der Waals surface area contributed by atoms with Gasteiger partial charge in [0.25, 0.3) is 0 Å². The number of halogens is 3. The lowest BCUT2D eigenvalue weighted by atomic mass is 10.1. The fourth-order valence-corrected chi connectivity index (χ4v) is 4.05. The van der Waals surface area contributed by atoms with Crippen molar-refractivity contribution in [3.05, 3.63) is 59.9 Å². The third-order valence-corrected chi connectivity index (χ3v) is 6.05. The zero-order chi connectivity index (χ0) is 21.2. The lowest BCUT2D eigenvalue weighted by Crippen LogP contribution is -2.42. The summed E-state index contributed by atoms with van der Waals surface area (Å²) < 4.78 is 65.4. The summed E-state index contributed by atoms with van der Waals surface area (Å²) in [5, 5.41) is 0. The molecule has 0 radical (unpaired) electrons. The van der Waals surface area contributed by atoms with Crippen molar-refractivity contribution >= 4 is 15.9 Å². The van der Waals surface area contributed by atoms with Crippen LogP contribution in [0.4, 0.5) is 13.2 Å². The van der Waals surface area contributed by atoms with Gasteiger partial charge in [0.15, 0.2) is 0 Å². The second-order valence-corrected chi connectivity index (χ2v) is 8.58. The number of alkyl halides is 3. The predicted molar refractivity (Wildman–Crippen MR) is 99.2 cm³/mol. The smallest absolute Gasteiger partial charge is 0.330 e. The minimum absolute atomic E-state index is 0.00225. The number of sulfonamides is 1. The van der Waals surface area contributed by atoms with Gasteiger partial charge in [0.2, 0.25) is 15.9 Å². The van der Waals surface area contributed by atoms with Gasteiger partial charge in [0.05, 0.1) is 28.7 Å². The van der Waals surface area contributed by atoms with Gasteiger partial charge in [-0.1, -0.05) is 12.1 Å². The van der Waals surface area contributed by atoms with Crippen molar-refractivity contribution in [1.29, 1.82) is 0 Å². The Morgan fingerprint density at radius 2 is 1.97 bits per heavy atom. The highest BCUT2D eigenvalue weighted by atomic mass is 32.2. The van der Waals surface area contributed by atoms with E-state index in [0.717, 1.165) is 31.0 Å². The summed E-state index contributed by atoms with van der Waals surface area (Å²) in [5.74, 6) is -0.457. The molecule has 1 aromatic heterocycles. The first kappa shape index (κ1) is 21.3. The van der Waals surface area contributed by atoms with Crippen molar-refractivity contribution in [2.24, 2.45) is 0 Å². The molecular formula is C19H20F3N3O3S. The van der Waals surface area contributed by atoms with Crippen molar-refractivity contribution in [2.45, 2.75) is 42.9 Å². The summed E-state index contributed by atoms with van der Waals surface area (Å²) in [6, 6.07) is 8.37. The van der Waals surface area contributed by atoms with Gasteiger partial charge in [0, 0.05) is 12.2 Å². The highest BCUT2D eigenvalue weighted by Crippen LogP contribution is 2.34. The number of hydrogen-bond acceptors (Lipinski definition) is 4. The van der Waals surface area contributed by atoms with E-state index >= 15 is 0 Å². The molecule has 10 heteroatoms. The lowest BCUT2D eigenvalue weighted by molar-refractivity contribution is -0.137. The van der Waals surface area contributed by atoms with E-state index in [1.807, 2.05) is 0 Å². The minimum Gasteiger partial charge on any atom is -0.330 e. The third kappa shape index (κ3) is 5.13. The molecule has 2 aromatic rings. The second-order valence-electron chi connectivity index (χ2n) is 6.81. The van der Waals surface area contributed by atoms with Crippen LogP contribution in [0.1, 0.15) is 37.1 Å². The molecule has 1 saturated carbocycles. The molecule has 0 spiro atoms. The van der Waals surface area contributed by atoms with Crippen LogP contribution in [0, 0.1) is 0 Å². The van der Waals surface area contributed by atoms with Gasteiger partial charge in [0.1, 0.15) is 0 Å².